The van der Waals surface area contributed by atoms with E-state index in [-0.39, 0.29) is 17.9 Å². The van der Waals surface area contributed by atoms with Crippen LogP contribution < -0.4 is 10.6 Å². The Morgan fingerprint density at radius 1 is 1.04 bits per heavy atom. The van der Waals surface area contributed by atoms with Crippen LogP contribution in [-0.4, -0.2) is 42.4 Å². The first-order valence-electron chi connectivity index (χ1n) is 10.6. The summed E-state index contributed by atoms with van der Waals surface area (Å²) in [5.74, 6) is -0.221. The lowest BCUT2D eigenvalue weighted by Crippen LogP contribution is -2.39. The van der Waals surface area contributed by atoms with Gasteiger partial charge in [-0.2, -0.15) is 0 Å². The van der Waals surface area contributed by atoms with Crippen molar-refractivity contribution >= 4 is 29.1 Å². The highest BCUT2D eigenvalue weighted by atomic mass is 35.5. The average Bonchev–Trinajstić information content (AvgIpc) is 2.70. The third-order valence-corrected chi connectivity index (χ3v) is 6.36. The van der Waals surface area contributed by atoms with Gasteiger partial charge in [0.2, 0.25) is 5.91 Å². The largest absolute Gasteiger partial charge is 0.349 e. The maximum absolute atomic E-state index is 12.6. The van der Waals surface area contributed by atoms with Gasteiger partial charge in [-0.25, -0.2) is 0 Å². The molecule has 28 heavy (non-hydrogen) atoms. The molecule has 0 heterocycles. The maximum atomic E-state index is 12.6. The molecule has 0 spiro atoms. The van der Waals surface area contributed by atoms with Crippen LogP contribution in [0.3, 0.4) is 0 Å². The van der Waals surface area contributed by atoms with Crippen molar-refractivity contribution < 1.29 is 9.59 Å². The molecule has 0 aromatic heterocycles. The second-order valence-electron chi connectivity index (χ2n) is 8.26. The third kappa shape index (κ3) is 5.95. The number of carbonyl (C=O) groups excluding carboxylic acids is 2. The highest BCUT2D eigenvalue weighted by molar-refractivity contribution is 6.34. The Morgan fingerprint density at radius 3 is 2.36 bits per heavy atom. The molecule has 1 aromatic carbocycles. The molecule has 0 unspecified atom stereocenters. The standard InChI is InChI=1S/C22H32ClN3O2/c1-26(18-10-6-3-7-11-18)15-21(27)24-17-12-13-20(23)19(14-17)22(28)25-16-8-4-2-5-9-16/h12-14,16,18H,2-11,15H2,1H3,(H,24,27)(H,25,28). The predicted octanol–water partition coefficient (Wildman–Crippen LogP) is 4.61. The number of benzene rings is 1. The summed E-state index contributed by atoms with van der Waals surface area (Å²) in [5, 5.41) is 6.41. The topological polar surface area (TPSA) is 61.4 Å². The summed E-state index contributed by atoms with van der Waals surface area (Å²) in [6, 6.07) is 5.82. The van der Waals surface area contributed by atoms with E-state index in [1.807, 2.05) is 7.05 Å². The minimum atomic E-state index is -0.160. The van der Waals surface area contributed by atoms with Gasteiger partial charge in [0, 0.05) is 17.8 Å². The molecule has 0 bridgehead atoms. The van der Waals surface area contributed by atoms with E-state index in [4.69, 9.17) is 11.6 Å². The number of hydrogen-bond acceptors (Lipinski definition) is 3. The van der Waals surface area contributed by atoms with Crippen molar-refractivity contribution in [1.29, 1.82) is 0 Å². The molecule has 2 aliphatic rings. The van der Waals surface area contributed by atoms with Gasteiger partial charge in [0.15, 0.2) is 0 Å². The molecule has 0 aliphatic heterocycles. The van der Waals surface area contributed by atoms with Crippen LogP contribution in [0, 0.1) is 0 Å². The summed E-state index contributed by atoms with van der Waals surface area (Å²) in [6.45, 7) is 0.358. The summed E-state index contributed by atoms with van der Waals surface area (Å²) in [7, 11) is 2.01. The van der Waals surface area contributed by atoms with Crippen LogP contribution in [0.5, 0.6) is 0 Å². The van der Waals surface area contributed by atoms with E-state index in [0.29, 0.717) is 28.9 Å². The molecule has 2 saturated carbocycles. The summed E-state index contributed by atoms with van der Waals surface area (Å²) < 4.78 is 0. The van der Waals surface area contributed by atoms with Crippen LogP contribution in [-0.2, 0) is 4.79 Å². The molecule has 0 radical (unpaired) electrons. The van der Waals surface area contributed by atoms with Gasteiger partial charge in [0.1, 0.15) is 0 Å². The van der Waals surface area contributed by atoms with E-state index in [2.05, 4.69) is 15.5 Å². The van der Waals surface area contributed by atoms with Crippen LogP contribution in [0.25, 0.3) is 0 Å². The van der Waals surface area contributed by atoms with Crippen LogP contribution in [0.2, 0.25) is 5.02 Å². The average molecular weight is 406 g/mol. The molecule has 154 valence electrons. The Bertz CT molecular complexity index is 682. The maximum Gasteiger partial charge on any atom is 0.253 e. The molecule has 2 N–H and O–H groups in total. The van der Waals surface area contributed by atoms with Crippen molar-refractivity contribution in [3.05, 3.63) is 28.8 Å². The smallest absolute Gasteiger partial charge is 0.253 e. The Morgan fingerprint density at radius 2 is 1.68 bits per heavy atom. The van der Waals surface area contributed by atoms with Crippen molar-refractivity contribution in [1.82, 2.24) is 10.2 Å². The third-order valence-electron chi connectivity index (χ3n) is 6.03. The normalized spacial score (nSPS) is 18.8. The Balaban J connectivity index is 1.57. The van der Waals surface area contributed by atoms with Crippen molar-refractivity contribution in [2.24, 2.45) is 0 Å². The minimum Gasteiger partial charge on any atom is -0.349 e. The zero-order chi connectivity index (χ0) is 19.9. The number of likely N-dealkylation sites (N-methyl/N-ethyl adjacent to an activating group) is 1. The van der Waals surface area contributed by atoms with Crippen molar-refractivity contribution in [2.45, 2.75) is 76.3 Å². The second kappa shape index (κ2) is 10.3. The van der Waals surface area contributed by atoms with E-state index in [1.165, 1.54) is 25.7 Å². The van der Waals surface area contributed by atoms with E-state index < -0.39 is 0 Å². The lowest BCUT2D eigenvalue weighted by Gasteiger charge is -2.30. The Labute approximate surface area is 173 Å². The molecule has 3 rings (SSSR count). The Hall–Kier alpha value is -1.59. The van der Waals surface area contributed by atoms with Crippen molar-refractivity contribution in [3.63, 3.8) is 0 Å². The van der Waals surface area contributed by atoms with Gasteiger partial charge in [-0.05, 0) is 50.9 Å². The first-order chi connectivity index (χ1) is 13.5. The zero-order valence-electron chi connectivity index (χ0n) is 16.8. The summed E-state index contributed by atoms with van der Waals surface area (Å²) in [4.78, 5) is 27.2. The molecule has 5 nitrogen and oxygen atoms in total. The van der Waals surface area contributed by atoms with Crippen LogP contribution in [0.1, 0.15) is 74.6 Å². The van der Waals surface area contributed by atoms with Gasteiger partial charge in [-0.3, -0.25) is 14.5 Å². The number of rotatable bonds is 6. The highest BCUT2D eigenvalue weighted by Gasteiger charge is 2.21. The van der Waals surface area contributed by atoms with E-state index in [0.717, 1.165) is 38.5 Å². The lowest BCUT2D eigenvalue weighted by molar-refractivity contribution is -0.117. The first-order valence-corrected chi connectivity index (χ1v) is 11.0. The number of hydrogen-bond donors (Lipinski definition) is 2. The summed E-state index contributed by atoms with van der Waals surface area (Å²) in [5.41, 5.74) is 1.03. The van der Waals surface area contributed by atoms with Crippen LogP contribution in [0.4, 0.5) is 5.69 Å². The number of nitrogens with zero attached hydrogens (tertiary/aromatic N) is 1. The number of nitrogens with one attached hydrogen (secondary N) is 2. The molecular weight excluding hydrogens is 374 g/mol. The van der Waals surface area contributed by atoms with Crippen LogP contribution in [0.15, 0.2) is 18.2 Å². The molecule has 2 amide bonds. The fourth-order valence-electron chi connectivity index (χ4n) is 4.37. The lowest BCUT2D eigenvalue weighted by atomic mass is 9.94. The predicted molar refractivity (Wildman–Crippen MR) is 114 cm³/mol. The SMILES string of the molecule is CN(CC(=O)Nc1ccc(Cl)c(C(=O)NC2CCCCC2)c1)C1CCCCC1. The molecule has 0 atom stereocenters. The number of halogens is 1. The zero-order valence-corrected chi connectivity index (χ0v) is 17.6. The monoisotopic (exact) mass is 405 g/mol. The van der Waals surface area contributed by atoms with Crippen LogP contribution >= 0.6 is 11.6 Å². The van der Waals surface area contributed by atoms with Gasteiger partial charge in [-0.15, -0.1) is 0 Å². The van der Waals surface area contributed by atoms with E-state index in [9.17, 15) is 9.59 Å². The molecule has 0 saturated heterocycles. The fourth-order valence-corrected chi connectivity index (χ4v) is 4.57. The second-order valence-corrected chi connectivity index (χ2v) is 8.67. The number of amides is 2. The minimum absolute atomic E-state index is 0.0611. The number of anilines is 1. The Kier molecular flexibility index (Phi) is 7.74. The quantitative estimate of drug-likeness (QED) is 0.726. The van der Waals surface area contributed by atoms with E-state index in [1.54, 1.807) is 18.2 Å². The molecule has 2 aliphatic carbocycles. The first kappa shape index (κ1) is 21.1. The number of carbonyl (C=O) groups is 2. The molecule has 2 fully saturated rings. The molecular formula is C22H32ClN3O2. The van der Waals surface area contributed by atoms with Gasteiger partial charge in [-0.1, -0.05) is 50.1 Å². The van der Waals surface area contributed by atoms with Gasteiger partial charge < -0.3 is 10.6 Å². The van der Waals surface area contributed by atoms with Gasteiger partial charge in [0.05, 0.1) is 17.1 Å². The van der Waals surface area contributed by atoms with Crippen molar-refractivity contribution in [2.75, 3.05) is 18.9 Å². The van der Waals surface area contributed by atoms with Gasteiger partial charge >= 0.3 is 0 Å². The fraction of sp³-hybridized carbons (Fsp3) is 0.636. The highest BCUT2D eigenvalue weighted by Crippen LogP contribution is 2.24. The summed E-state index contributed by atoms with van der Waals surface area (Å²) in [6.07, 6.45) is 11.7. The van der Waals surface area contributed by atoms with Crippen molar-refractivity contribution in [3.8, 4) is 0 Å². The molecule has 6 heteroatoms. The summed E-state index contributed by atoms with van der Waals surface area (Å²) >= 11 is 6.25. The molecule has 1 aromatic rings. The van der Waals surface area contributed by atoms with Gasteiger partial charge in [0.25, 0.3) is 5.91 Å². The van der Waals surface area contributed by atoms with E-state index >= 15 is 0 Å².